The normalized spacial score (nSPS) is 26.3. The Kier molecular flexibility index (Phi) is 5.69. The van der Waals surface area contributed by atoms with Crippen LogP contribution in [0.15, 0.2) is 0 Å². The van der Waals surface area contributed by atoms with Gasteiger partial charge in [-0.05, 0) is 25.2 Å². The summed E-state index contributed by atoms with van der Waals surface area (Å²) in [6.45, 7) is 2.94. The van der Waals surface area contributed by atoms with Crippen LogP contribution in [0.2, 0.25) is 0 Å². The number of carbonyl (C=O) groups excluding carboxylic acids is 1. The summed E-state index contributed by atoms with van der Waals surface area (Å²) >= 11 is 0. The molecule has 1 fully saturated rings. The van der Waals surface area contributed by atoms with E-state index >= 15 is 0 Å². The summed E-state index contributed by atoms with van der Waals surface area (Å²) in [5, 5.41) is 2.96. The third-order valence-electron chi connectivity index (χ3n) is 3.27. The van der Waals surface area contributed by atoms with E-state index in [9.17, 15) is 4.79 Å². The third kappa shape index (κ3) is 4.65. The van der Waals surface area contributed by atoms with Crippen LogP contribution in [0.25, 0.3) is 0 Å². The molecule has 1 aliphatic carbocycles. The molecule has 1 aliphatic rings. The number of carbonyl (C=O) groups is 1. The van der Waals surface area contributed by atoms with Crippen molar-refractivity contribution in [1.29, 1.82) is 0 Å². The molecule has 1 saturated carbocycles. The fraction of sp³-hybridized carbons (Fsp3) is 0.917. The molecule has 3 N–H and O–H groups in total. The summed E-state index contributed by atoms with van der Waals surface area (Å²) in [5.41, 5.74) is 6.00. The molecule has 2 unspecified atom stereocenters. The highest BCUT2D eigenvalue weighted by Crippen LogP contribution is 2.25. The van der Waals surface area contributed by atoms with Crippen LogP contribution < -0.4 is 11.1 Å². The second kappa shape index (κ2) is 6.83. The van der Waals surface area contributed by atoms with Gasteiger partial charge in [-0.2, -0.15) is 0 Å². The van der Waals surface area contributed by atoms with Crippen molar-refractivity contribution in [3.63, 3.8) is 0 Å². The van der Waals surface area contributed by atoms with Crippen molar-refractivity contribution in [2.24, 2.45) is 11.7 Å². The molecule has 15 heavy (non-hydrogen) atoms. The van der Waals surface area contributed by atoms with Gasteiger partial charge in [0.25, 0.3) is 0 Å². The predicted octanol–water partition coefficient (Wildman–Crippen LogP) is 1.81. The minimum atomic E-state index is 0.186. The summed E-state index contributed by atoms with van der Waals surface area (Å²) in [5.74, 6) is 0.603. The molecule has 0 spiro atoms. The standard InChI is InChI=1S/C12H24N2O/c1-2-3-8-14-12(15)9-10-6-4-5-7-11(10)13/h10-11H,2-9,13H2,1H3,(H,14,15). The minimum Gasteiger partial charge on any atom is -0.356 e. The molecule has 1 amide bonds. The lowest BCUT2D eigenvalue weighted by molar-refractivity contribution is -0.122. The molecule has 1 rings (SSSR count). The second-order valence-corrected chi connectivity index (χ2v) is 4.62. The van der Waals surface area contributed by atoms with E-state index in [1.54, 1.807) is 0 Å². The van der Waals surface area contributed by atoms with Crippen molar-refractivity contribution < 1.29 is 4.79 Å². The second-order valence-electron chi connectivity index (χ2n) is 4.62. The van der Waals surface area contributed by atoms with Gasteiger partial charge in [0.1, 0.15) is 0 Å². The van der Waals surface area contributed by atoms with E-state index in [1.165, 1.54) is 12.8 Å². The number of rotatable bonds is 5. The fourth-order valence-electron chi connectivity index (χ4n) is 2.20. The zero-order chi connectivity index (χ0) is 11.1. The van der Waals surface area contributed by atoms with Crippen molar-refractivity contribution in [1.82, 2.24) is 5.32 Å². The zero-order valence-electron chi connectivity index (χ0n) is 9.80. The van der Waals surface area contributed by atoms with Gasteiger partial charge in [0, 0.05) is 19.0 Å². The molecular formula is C12H24N2O. The Balaban J connectivity index is 2.18. The van der Waals surface area contributed by atoms with E-state index in [4.69, 9.17) is 5.73 Å². The van der Waals surface area contributed by atoms with E-state index in [0.717, 1.165) is 32.2 Å². The molecule has 88 valence electrons. The number of amides is 1. The molecule has 0 bridgehead atoms. The molecule has 0 radical (unpaired) electrons. The SMILES string of the molecule is CCCCNC(=O)CC1CCCCC1N. The average Bonchev–Trinajstić information content (AvgIpc) is 2.22. The monoisotopic (exact) mass is 212 g/mol. The number of nitrogens with two attached hydrogens (primary N) is 1. The Morgan fingerprint density at radius 1 is 1.40 bits per heavy atom. The molecule has 0 saturated heterocycles. The maximum atomic E-state index is 11.6. The maximum absolute atomic E-state index is 11.6. The maximum Gasteiger partial charge on any atom is 0.220 e. The Morgan fingerprint density at radius 2 is 2.13 bits per heavy atom. The Hall–Kier alpha value is -0.570. The van der Waals surface area contributed by atoms with Crippen LogP contribution in [0.4, 0.5) is 0 Å². The molecule has 0 aromatic rings. The molecule has 0 aromatic heterocycles. The molecule has 2 atom stereocenters. The zero-order valence-corrected chi connectivity index (χ0v) is 9.80. The first-order valence-electron chi connectivity index (χ1n) is 6.26. The number of hydrogen-bond acceptors (Lipinski definition) is 2. The van der Waals surface area contributed by atoms with Gasteiger partial charge in [-0.1, -0.05) is 26.2 Å². The first-order valence-corrected chi connectivity index (χ1v) is 6.26. The fourth-order valence-corrected chi connectivity index (χ4v) is 2.20. The quantitative estimate of drug-likeness (QED) is 0.683. The summed E-state index contributed by atoms with van der Waals surface area (Å²) in [4.78, 5) is 11.6. The lowest BCUT2D eigenvalue weighted by Crippen LogP contribution is -2.37. The van der Waals surface area contributed by atoms with Crippen molar-refractivity contribution in [3.8, 4) is 0 Å². The van der Waals surface area contributed by atoms with Crippen LogP contribution in [0, 0.1) is 5.92 Å². The molecule has 0 aliphatic heterocycles. The molecule has 0 heterocycles. The number of unbranched alkanes of at least 4 members (excludes halogenated alkanes) is 1. The highest BCUT2D eigenvalue weighted by atomic mass is 16.1. The largest absolute Gasteiger partial charge is 0.356 e. The van der Waals surface area contributed by atoms with Crippen LogP contribution in [-0.4, -0.2) is 18.5 Å². The predicted molar refractivity (Wildman–Crippen MR) is 62.5 cm³/mol. The summed E-state index contributed by atoms with van der Waals surface area (Å²) < 4.78 is 0. The van der Waals surface area contributed by atoms with Gasteiger partial charge >= 0.3 is 0 Å². The van der Waals surface area contributed by atoms with E-state index in [1.807, 2.05) is 0 Å². The van der Waals surface area contributed by atoms with Gasteiger partial charge in [-0.15, -0.1) is 0 Å². The third-order valence-corrected chi connectivity index (χ3v) is 3.27. The number of nitrogens with one attached hydrogen (secondary N) is 1. The highest BCUT2D eigenvalue weighted by molar-refractivity contribution is 5.76. The summed E-state index contributed by atoms with van der Waals surface area (Å²) in [6.07, 6.45) is 7.52. The molecule has 3 heteroatoms. The van der Waals surface area contributed by atoms with Gasteiger partial charge in [0.05, 0.1) is 0 Å². The van der Waals surface area contributed by atoms with Gasteiger partial charge in [-0.25, -0.2) is 0 Å². The Labute approximate surface area is 92.8 Å². The molecule has 3 nitrogen and oxygen atoms in total. The van der Waals surface area contributed by atoms with E-state index in [0.29, 0.717) is 12.3 Å². The first kappa shape index (κ1) is 12.5. The van der Waals surface area contributed by atoms with Crippen LogP contribution >= 0.6 is 0 Å². The van der Waals surface area contributed by atoms with Crippen molar-refractivity contribution in [2.75, 3.05) is 6.54 Å². The van der Waals surface area contributed by atoms with E-state index in [-0.39, 0.29) is 11.9 Å². The number of hydrogen-bond donors (Lipinski definition) is 2. The van der Waals surface area contributed by atoms with Crippen molar-refractivity contribution in [2.45, 2.75) is 57.9 Å². The van der Waals surface area contributed by atoms with Crippen LogP contribution in [0.3, 0.4) is 0 Å². The van der Waals surface area contributed by atoms with E-state index in [2.05, 4.69) is 12.2 Å². The van der Waals surface area contributed by atoms with Gasteiger partial charge < -0.3 is 11.1 Å². The van der Waals surface area contributed by atoms with Crippen LogP contribution in [0.1, 0.15) is 51.9 Å². The molecule has 0 aromatic carbocycles. The summed E-state index contributed by atoms with van der Waals surface area (Å²) in [7, 11) is 0. The van der Waals surface area contributed by atoms with Crippen molar-refractivity contribution in [3.05, 3.63) is 0 Å². The van der Waals surface area contributed by atoms with Crippen LogP contribution in [-0.2, 0) is 4.79 Å². The van der Waals surface area contributed by atoms with Gasteiger partial charge in [0.15, 0.2) is 0 Å². The Morgan fingerprint density at radius 3 is 2.80 bits per heavy atom. The van der Waals surface area contributed by atoms with Crippen molar-refractivity contribution >= 4 is 5.91 Å². The topological polar surface area (TPSA) is 55.1 Å². The lowest BCUT2D eigenvalue weighted by Gasteiger charge is -2.27. The average molecular weight is 212 g/mol. The van der Waals surface area contributed by atoms with Gasteiger partial charge in [0.2, 0.25) is 5.91 Å². The van der Waals surface area contributed by atoms with Gasteiger partial charge in [-0.3, -0.25) is 4.79 Å². The van der Waals surface area contributed by atoms with Crippen LogP contribution in [0.5, 0.6) is 0 Å². The summed E-state index contributed by atoms with van der Waals surface area (Å²) in [6, 6.07) is 0.246. The smallest absolute Gasteiger partial charge is 0.220 e. The first-order chi connectivity index (χ1) is 7.24. The van der Waals surface area contributed by atoms with E-state index < -0.39 is 0 Å². The Bertz CT molecular complexity index is 194. The minimum absolute atomic E-state index is 0.186. The molecular weight excluding hydrogens is 188 g/mol. The lowest BCUT2D eigenvalue weighted by atomic mass is 9.83. The highest BCUT2D eigenvalue weighted by Gasteiger charge is 2.23.